The summed E-state index contributed by atoms with van der Waals surface area (Å²) in [4.78, 5) is 14.0. The van der Waals surface area contributed by atoms with Crippen molar-refractivity contribution < 1.29 is 9.21 Å². The molecule has 1 amide bonds. The molecule has 0 aliphatic carbocycles. The summed E-state index contributed by atoms with van der Waals surface area (Å²) in [5.41, 5.74) is 0. The Hall–Kier alpha value is -0.810. The van der Waals surface area contributed by atoms with Crippen LogP contribution in [0.3, 0.4) is 0 Å². The Kier molecular flexibility index (Phi) is 6.29. The zero-order valence-electron chi connectivity index (χ0n) is 10.3. The maximum Gasteiger partial charge on any atom is 0.288 e. The quantitative estimate of drug-likeness (QED) is 0.842. The average molecular weight is 303 g/mol. The second kappa shape index (κ2) is 7.50. The third-order valence-corrected chi connectivity index (χ3v) is 3.15. The van der Waals surface area contributed by atoms with Gasteiger partial charge in [-0.1, -0.05) is 13.8 Å². The van der Waals surface area contributed by atoms with E-state index in [0.717, 1.165) is 26.1 Å². The summed E-state index contributed by atoms with van der Waals surface area (Å²) in [5.74, 6) is 0.165. The molecule has 0 unspecified atom stereocenters. The Balaban J connectivity index is 2.31. The molecule has 1 heterocycles. The van der Waals surface area contributed by atoms with Crippen molar-refractivity contribution in [3.05, 3.63) is 22.6 Å². The van der Waals surface area contributed by atoms with E-state index >= 15 is 0 Å². The standard InChI is InChI=1S/C12H19BrN2O2/c1-3-7-15(4-2)8-6-14-12(16)11-10(13)5-9-17-11/h5,9H,3-4,6-8H2,1-2H3,(H,14,16). The minimum Gasteiger partial charge on any atom is -0.458 e. The minimum atomic E-state index is -0.172. The highest BCUT2D eigenvalue weighted by Gasteiger charge is 2.13. The van der Waals surface area contributed by atoms with Crippen molar-refractivity contribution in [2.75, 3.05) is 26.2 Å². The summed E-state index contributed by atoms with van der Waals surface area (Å²) in [7, 11) is 0. The van der Waals surface area contributed by atoms with Gasteiger partial charge in [0.1, 0.15) is 0 Å². The molecule has 0 aliphatic heterocycles. The number of rotatable bonds is 7. The number of carbonyl (C=O) groups excluding carboxylic acids is 1. The van der Waals surface area contributed by atoms with Crippen LogP contribution >= 0.6 is 15.9 Å². The predicted octanol–water partition coefficient (Wildman–Crippen LogP) is 2.50. The summed E-state index contributed by atoms with van der Waals surface area (Å²) in [6.07, 6.45) is 2.62. The molecule has 17 heavy (non-hydrogen) atoms. The molecule has 0 aromatic carbocycles. The van der Waals surface area contributed by atoms with Crippen molar-refractivity contribution in [1.82, 2.24) is 10.2 Å². The second-order valence-electron chi connectivity index (χ2n) is 3.79. The van der Waals surface area contributed by atoms with E-state index in [9.17, 15) is 4.79 Å². The number of nitrogens with one attached hydrogen (secondary N) is 1. The monoisotopic (exact) mass is 302 g/mol. The number of hydrogen-bond acceptors (Lipinski definition) is 3. The molecule has 0 atom stereocenters. The normalized spacial score (nSPS) is 10.8. The van der Waals surface area contributed by atoms with E-state index in [4.69, 9.17) is 4.42 Å². The fourth-order valence-corrected chi connectivity index (χ4v) is 1.99. The van der Waals surface area contributed by atoms with Gasteiger partial charge in [-0.2, -0.15) is 0 Å². The van der Waals surface area contributed by atoms with Crippen LogP contribution in [0.5, 0.6) is 0 Å². The maximum atomic E-state index is 11.7. The molecule has 0 radical (unpaired) electrons. The highest BCUT2D eigenvalue weighted by atomic mass is 79.9. The van der Waals surface area contributed by atoms with Crippen molar-refractivity contribution in [2.45, 2.75) is 20.3 Å². The molecule has 0 bridgehead atoms. The lowest BCUT2D eigenvalue weighted by Gasteiger charge is -2.19. The molecule has 1 aromatic heterocycles. The zero-order valence-corrected chi connectivity index (χ0v) is 11.9. The fourth-order valence-electron chi connectivity index (χ4n) is 1.61. The fraction of sp³-hybridized carbons (Fsp3) is 0.583. The van der Waals surface area contributed by atoms with Gasteiger partial charge < -0.3 is 14.6 Å². The smallest absolute Gasteiger partial charge is 0.288 e. The Labute approximate surface area is 110 Å². The van der Waals surface area contributed by atoms with Gasteiger partial charge in [0.25, 0.3) is 5.91 Å². The SMILES string of the molecule is CCCN(CC)CCNC(=O)c1occc1Br. The molecule has 96 valence electrons. The van der Waals surface area contributed by atoms with Gasteiger partial charge in [-0.3, -0.25) is 4.79 Å². The first-order chi connectivity index (χ1) is 8.19. The molecule has 0 saturated heterocycles. The second-order valence-corrected chi connectivity index (χ2v) is 4.64. The van der Waals surface area contributed by atoms with Gasteiger partial charge in [-0.05, 0) is 41.5 Å². The molecule has 1 N–H and O–H groups in total. The summed E-state index contributed by atoms with van der Waals surface area (Å²) in [6, 6.07) is 1.71. The summed E-state index contributed by atoms with van der Waals surface area (Å²) >= 11 is 3.26. The number of carbonyl (C=O) groups is 1. The number of hydrogen-bond donors (Lipinski definition) is 1. The summed E-state index contributed by atoms with van der Waals surface area (Å²) < 4.78 is 5.78. The third-order valence-electron chi connectivity index (χ3n) is 2.52. The Bertz CT molecular complexity index is 352. The lowest BCUT2D eigenvalue weighted by Crippen LogP contribution is -2.35. The van der Waals surface area contributed by atoms with Crippen LogP contribution in [0.2, 0.25) is 0 Å². The molecule has 1 rings (SSSR count). The molecule has 0 aliphatic rings. The number of amides is 1. The highest BCUT2D eigenvalue weighted by Crippen LogP contribution is 2.16. The van der Waals surface area contributed by atoms with Crippen molar-refractivity contribution in [1.29, 1.82) is 0 Å². The molecule has 0 saturated carbocycles. The van der Waals surface area contributed by atoms with Gasteiger partial charge in [0, 0.05) is 13.1 Å². The van der Waals surface area contributed by atoms with Gasteiger partial charge in [0.2, 0.25) is 5.76 Å². The first-order valence-electron chi connectivity index (χ1n) is 5.92. The zero-order chi connectivity index (χ0) is 12.7. The number of furan rings is 1. The van der Waals surface area contributed by atoms with Crippen LogP contribution in [0.4, 0.5) is 0 Å². The van der Waals surface area contributed by atoms with Crippen LogP contribution in [0.15, 0.2) is 21.2 Å². The van der Waals surface area contributed by atoms with E-state index in [2.05, 4.69) is 40.0 Å². The van der Waals surface area contributed by atoms with Crippen LogP contribution in [0, 0.1) is 0 Å². The van der Waals surface area contributed by atoms with Crippen molar-refractivity contribution in [3.8, 4) is 0 Å². The van der Waals surface area contributed by atoms with Crippen LogP contribution < -0.4 is 5.32 Å². The minimum absolute atomic E-state index is 0.172. The van der Waals surface area contributed by atoms with Crippen LogP contribution in [0.1, 0.15) is 30.8 Å². The molecule has 0 spiro atoms. The van der Waals surface area contributed by atoms with E-state index in [1.807, 2.05) is 0 Å². The van der Waals surface area contributed by atoms with Gasteiger partial charge in [-0.25, -0.2) is 0 Å². The molecule has 1 aromatic rings. The van der Waals surface area contributed by atoms with E-state index in [0.29, 0.717) is 16.8 Å². The molecular weight excluding hydrogens is 284 g/mol. The molecule has 4 nitrogen and oxygen atoms in total. The topological polar surface area (TPSA) is 45.5 Å². The highest BCUT2D eigenvalue weighted by molar-refractivity contribution is 9.10. The Morgan fingerprint density at radius 3 is 2.76 bits per heavy atom. The van der Waals surface area contributed by atoms with Gasteiger partial charge in [0.05, 0.1) is 10.7 Å². The van der Waals surface area contributed by atoms with Crippen LogP contribution in [-0.4, -0.2) is 37.0 Å². The van der Waals surface area contributed by atoms with Crippen molar-refractivity contribution in [3.63, 3.8) is 0 Å². The first kappa shape index (κ1) is 14.3. The lowest BCUT2D eigenvalue weighted by molar-refractivity contribution is 0.0920. The lowest BCUT2D eigenvalue weighted by atomic mass is 10.4. The predicted molar refractivity (Wildman–Crippen MR) is 71.1 cm³/mol. The van der Waals surface area contributed by atoms with E-state index in [1.54, 1.807) is 6.07 Å². The number of likely N-dealkylation sites (N-methyl/N-ethyl adjacent to an activating group) is 1. The van der Waals surface area contributed by atoms with E-state index in [1.165, 1.54) is 6.26 Å². The van der Waals surface area contributed by atoms with Gasteiger partial charge in [0.15, 0.2) is 0 Å². The van der Waals surface area contributed by atoms with Crippen molar-refractivity contribution in [2.24, 2.45) is 0 Å². The average Bonchev–Trinajstić information content (AvgIpc) is 2.74. The maximum absolute atomic E-state index is 11.7. The molecule has 0 fully saturated rings. The van der Waals surface area contributed by atoms with Crippen LogP contribution in [0.25, 0.3) is 0 Å². The van der Waals surface area contributed by atoms with Crippen LogP contribution in [-0.2, 0) is 0 Å². The largest absolute Gasteiger partial charge is 0.458 e. The Morgan fingerprint density at radius 1 is 1.47 bits per heavy atom. The number of halogens is 1. The van der Waals surface area contributed by atoms with Gasteiger partial charge >= 0.3 is 0 Å². The Morgan fingerprint density at radius 2 is 2.24 bits per heavy atom. The van der Waals surface area contributed by atoms with Crippen molar-refractivity contribution >= 4 is 21.8 Å². The first-order valence-corrected chi connectivity index (χ1v) is 6.71. The number of nitrogens with zero attached hydrogens (tertiary/aromatic N) is 1. The van der Waals surface area contributed by atoms with E-state index < -0.39 is 0 Å². The third kappa shape index (κ3) is 4.52. The summed E-state index contributed by atoms with van der Waals surface area (Å²) in [5, 5.41) is 2.84. The molecular formula is C12H19BrN2O2. The van der Waals surface area contributed by atoms with Gasteiger partial charge in [-0.15, -0.1) is 0 Å². The summed E-state index contributed by atoms with van der Waals surface area (Å²) in [6.45, 7) is 7.86. The van der Waals surface area contributed by atoms with E-state index in [-0.39, 0.29) is 5.91 Å². The molecule has 5 heteroatoms.